The van der Waals surface area contributed by atoms with E-state index in [2.05, 4.69) is 37.9 Å². The van der Waals surface area contributed by atoms with Crippen LogP contribution >= 0.6 is 0 Å². The fourth-order valence-electron chi connectivity index (χ4n) is 2.70. The minimum atomic E-state index is -0.0795. The van der Waals surface area contributed by atoms with E-state index < -0.39 is 0 Å². The summed E-state index contributed by atoms with van der Waals surface area (Å²) in [5, 5.41) is 3.65. The predicted octanol–water partition coefficient (Wildman–Crippen LogP) is 2.65. The molecule has 2 atom stereocenters. The molecule has 0 aromatic carbocycles. The maximum atomic E-state index is 5.65. The van der Waals surface area contributed by atoms with Gasteiger partial charge in [0.15, 0.2) is 0 Å². The minimum Gasteiger partial charge on any atom is -0.377 e. The zero-order valence-electron chi connectivity index (χ0n) is 13.0. The van der Waals surface area contributed by atoms with Crippen molar-refractivity contribution < 1.29 is 4.74 Å². The van der Waals surface area contributed by atoms with Crippen LogP contribution in [0.2, 0.25) is 0 Å². The van der Waals surface area contributed by atoms with Crippen LogP contribution in [0.25, 0.3) is 0 Å². The van der Waals surface area contributed by atoms with Crippen molar-refractivity contribution in [2.75, 3.05) is 26.7 Å². The Bertz CT molecular complexity index is 225. The first-order valence-electron chi connectivity index (χ1n) is 7.53. The number of piperidine rings is 1. The molecule has 2 unspecified atom stereocenters. The molecule has 0 radical (unpaired) electrons. The molecule has 108 valence electrons. The standard InChI is InChI=1S/C15H32N2O/c1-6-11-17(13(2)15(3,4)18-5)12-14-9-7-8-10-16-14/h13-14,16H,6-12H2,1-5H3. The molecule has 1 fully saturated rings. The quantitative estimate of drug-likeness (QED) is 0.758. The summed E-state index contributed by atoms with van der Waals surface area (Å²) in [5.74, 6) is 0. The molecule has 0 aromatic heterocycles. The van der Waals surface area contributed by atoms with Crippen molar-refractivity contribution >= 4 is 0 Å². The van der Waals surface area contributed by atoms with E-state index in [1.165, 1.54) is 32.2 Å². The molecule has 0 aliphatic carbocycles. The van der Waals surface area contributed by atoms with Crippen LogP contribution in [-0.2, 0) is 4.74 Å². The summed E-state index contributed by atoms with van der Waals surface area (Å²) in [7, 11) is 1.82. The third-order valence-electron chi connectivity index (χ3n) is 4.46. The molecule has 0 saturated carbocycles. The molecule has 0 spiro atoms. The molecular weight excluding hydrogens is 224 g/mol. The van der Waals surface area contributed by atoms with Crippen molar-refractivity contribution in [1.29, 1.82) is 0 Å². The summed E-state index contributed by atoms with van der Waals surface area (Å²) in [6.45, 7) is 12.4. The highest BCUT2D eigenvalue weighted by molar-refractivity contribution is 4.87. The van der Waals surface area contributed by atoms with Crippen molar-refractivity contribution in [1.82, 2.24) is 10.2 Å². The highest BCUT2D eigenvalue weighted by atomic mass is 16.5. The number of hydrogen-bond donors (Lipinski definition) is 1. The fraction of sp³-hybridized carbons (Fsp3) is 1.00. The van der Waals surface area contributed by atoms with Gasteiger partial charge < -0.3 is 10.1 Å². The Morgan fingerprint density at radius 1 is 1.39 bits per heavy atom. The van der Waals surface area contributed by atoms with E-state index in [0.717, 1.165) is 13.1 Å². The van der Waals surface area contributed by atoms with E-state index in [9.17, 15) is 0 Å². The lowest BCUT2D eigenvalue weighted by Gasteiger charge is -2.41. The van der Waals surface area contributed by atoms with Gasteiger partial charge in [-0.05, 0) is 53.1 Å². The molecule has 3 heteroatoms. The van der Waals surface area contributed by atoms with E-state index >= 15 is 0 Å². The molecule has 18 heavy (non-hydrogen) atoms. The minimum absolute atomic E-state index is 0.0795. The van der Waals surface area contributed by atoms with Crippen molar-refractivity contribution in [2.45, 2.75) is 71.1 Å². The molecule has 0 amide bonds. The molecule has 1 aliphatic rings. The summed E-state index contributed by atoms with van der Waals surface area (Å²) in [5.41, 5.74) is -0.0795. The lowest BCUT2D eigenvalue weighted by molar-refractivity contribution is -0.0492. The molecule has 1 N–H and O–H groups in total. The van der Waals surface area contributed by atoms with Crippen LogP contribution in [-0.4, -0.2) is 49.3 Å². The van der Waals surface area contributed by atoms with Crippen LogP contribution in [0.4, 0.5) is 0 Å². The highest BCUT2D eigenvalue weighted by Gasteiger charge is 2.31. The van der Waals surface area contributed by atoms with Gasteiger partial charge in [-0.25, -0.2) is 0 Å². The second-order valence-electron chi connectivity index (χ2n) is 6.13. The maximum Gasteiger partial charge on any atom is 0.0774 e. The third kappa shape index (κ3) is 4.52. The van der Waals surface area contributed by atoms with Crippen molar-refractivity contribution in [3.8, 4) is 0 Å². The van der Waals surface area contributed by atoms with Gasteiger partial charge in [-0.3, -0.25) is 4.90 Å². The molecule has 0 aromatic rings. The second-order valence-corrected chi connectivity index (χ2v) is 6.13. The Kier molecular flexibility index (Phi) is 6.61. The lowest BCUT2D eigenvalue weighted by Crippen LogP contribution is -2.53. The first-order chi connectivity index (χ1) is 8.51. The summed E-state index contributed by atoms with van der Waals surface area (Å²) >= 11 is 0. The van der Waals surface area contributed by atoms with Crippen molar-refractivity contribution in [3.63, 3.8) is 0 Å². The molecule has 1 rings (SSSR count). The lowest BCUT2D eigenvalue weighted by atomic mass is 9.96. The monoisotopic (exact) mass is 256 g/mol. The number of nitrogens with zero attached hydrogens (tertiary/aromatic N) is 1. The van der Waals surface area contributed by atoms with Gasteiger partial charge in [-0.2, -0.15) is 0 Å². The average Bonchev–Trinajstić information content (AvgIpc) is 2.38. The predicted molar refractivity (Wildman–Crippen MR) is 78.1 cm³/mol. The first kappa shape index (κ1) is 15.9. The van der Waals surface area contributed by atoms with Crippen LogP contribution in [0.5, 0.6) is 0 Å². The average molecular weight is 256 g/mol. The van der Waals surface area contributed by atoms with E-state index in [0.29, 0.717) is 12.1 Å². The Balaban J connectivity index is 2.57. The summed E-state index contributed by atoms with van der Waals surface area (Å²) in [4.78, 5) is 2.59. The SMILES string of the molecule is CCCN(CC1CCCCN1)C(C)C(C)(C)OC. The topological polar surface area (TPSA) is 24.5 Å². The molecule has 0 bridgehead atoms. The fourth-order valence-corrected chi connectivity index (χ4v) is 2.70. The molecule has 1 heterocycles. The number of ether oxygens (including phenoxy) is 1. The van der Waals surface area contributed by atoms with Crippen LogP contribution in [0.1, 0.15) is 53.4 Å². The summed E-state index contributed by atoms with van der Waals surface area (Å²) < 4.78 is 5.65. The van der Waals surface area contributed by atoms with Gasteiger partial charge in [0.1, 0.15) is 0 Å². The third-order valence-corrected chi connectivity index (χ3v) is 4.46. The zero-order chi connectivity index (χ0) is 13.6. The first-order valence-corrected chi connectivity index (χ1v) is 7.53. The van der Waals surface area contributed by atoms with Crippen molar-refractivity contribution in [2.24, 2.45) is 0 Å². The number of nitrogens with one attached hydrogen (secondary N) is 1. The van der Waals surface area contributed by atoms with E-state index in [1.807, 2.05) is 7.11 Å². The number of rotatable bonds is 7. The van der Waals surface area contributed by atoms with Gasteiger partial charge in [0.2, 0.25) is 0 Å². The van der Waals surface area contributed by atoms with Gasteiger partial charge in [-0.15, -0.1) is 0 Å². The van der Waals surface area contributed by atoms with Crippen molar-refractivity contribution in [3.05, 3.63) is 0 Å². The van der Waals surface area contributed by atoms with Gasteiger partial charge in [0.05, 0.1) is 5.60 Å². The van der Waals surface area contributed by atoms with Crippen LogP contribution in [0, 0.1) is 0 Å². The summed E-state index contributed by atoms with van der Waals surface area (Å²) in [6.07, 6.45) is 5.24. The van der Waals surface area contributed by atoms with Gasteiger partial charge >= 0.3 is 0 Å². The zero-order valence-corrected chi connectivity index (χ0v) is 13.0. The maximum absolute atomic E-state index is 5.65. The largest absolute Gasteiger partial charge is 0.377 e. The number of methoxy groups -OCH3 is 1. The normalized spacial score (nSPS) is 23.3. The Hall–Kier alpha value is -0.120. The smallest absolute Gasteiger partial charge is 0.0774 e. The number of hydrogen-bond acceptors (Lipinski definition) is 3. The summed E-state index contributed by atoms with van der Waals surface area (Å²) in [6, 6.07) is 1.12. The molecule has 3 nitrogen and oxygen atoms in total. The second kappa shape index (κ2) is 7.46. The van der Waals surface area contributed by atoms with Crippen LogP contribution < -0.4 is 5.32 Å². The van der Waals surface area contributed by atoms with E-state index in [-0.39, 0.29) is 5.60 Å². The van der Waals surface area contributed by atoms with E-state index in [1.54, 1.807) is 0 Å². The Morgan fingerprint density at radius 2 is 2.11 bits per heavy atom. The van der Waals surface area contributed by atoms with Crippen LogP contribution in [0.15, 0.2) is 0 Å². The van der Waals surface area contributed by atoms with Gasteiger partial charge in [-0.1, -0.05) is 13.3 Å². The molecule has 1 aliphatic heterocycles. The molecule has 1 saturated heterocycles. The van der Waals surface area contributed by atoms with E-state index in [4.69, 9.17) is 4.74 Å². The van der Waals surface area contributed by atoms with Crippen LogP contribution in [0.3, 0.4) is 0 Å². The van der Waals surface area contributed by atoms with Gasteiger partial charge in [0.25, 0.3) is 0 Å². The highest BCUT2D eigenvalue weighted by Crippen LogP contribution is 2.21. The Labute approximate surface area is 113 Å². The molecular formula is C15H32N2O. The van der Waals surface area contributed by atoms with Gasteiger partial charge in [0, 0.05) is 25.7 Å². The Morgan fingerprint density at radius 3 is 2.61 bits per heavy atom.